The van der Waals surface area contributed by atoms with Crippen molar-refractivity contribution in [3.05, 3.63) is 65.5 Å². The molecule has 2 unspecified atom stereocenters. The van der Waals surface area contributed by atoms with Gasteiger partial charge in [-0.3, -0.25) is 4.99 Å². The second kappa shape index (κ2) is 9.90. The summed E-state index contributed by atoms with van der Waals surface area (Å²) in [5.41, 5.74) is 8.64. The van der Waals surface area contributed by atoms with Crippen LogP contribution >= 0.6 is 0 Å². The van der Waals surface area contributed by atoms with Crippen LogP contribution in [0, 0.1) is 5.41 Å². The molecule has 0 saturated carbocycles. The number of benzene rings is 1. The van der Waals surface area contributed by atoms with Crippen LogP contribution in [-0.2, 0) is 0 Å². The van der Waals surface area contributed by atoms with Crippen LogP contribution in [0.15, 0.2) is 65.0 Å². The van der Waals surface area contributed by atoms with Gasteiger partial charge in [0.05, 0.1) is 17.8 Å². The molecule has 2 aliphatic heterocycles. The van der Waals surface area contributed by atoms with Crippen LogP contribution in [0.5, 0.6) is 0 Å². The van der Waals surface area contributed by atoms with E-state index in [4.69, 9.17) is 16.1 Å². The Bertz CT molecular complexity index is 1040. The minimum Gasteiger partial charge on any atom is -0.393 e. The summed E-state index contributed by atoms with van der Waals surface area (Å²) in [5.74, 6) is 0.720. The van der Waals surface area contributed by atoms with E-state index < -0.39 is 18.8 Å². The van der Waals surface area contributed by atoms with Crippen LogP contribution in [0.1, 0.15) is 18.5 Å². The van der Waals surface area contributed by atoms with Gasteiger partial charge in [-0.1, -0.05) is 12.1 Å². The molecular formula is C22H26F3N7O. The van der Waals surface area contributed by atoms with E-state index in [0.29, 0.717) is 17.0 Å². The fraction of sp³-hybridized carbons (Fsp3) is 0.318. The molecule has 1 aromatic carbocycles. The first-order valence-corrected chi connectivity index (χ1v) is 10.3. The monoisotopic (exact) mass is 461 g/mol. The maximum Gasteiger partial charge on any atom is 0.405 e. The number of hydrogen-bond donors (Lipinski definition) is 5. The van der Waals surface area contributed by atoms with Crippen molar-refractivity contribution >= 4 is 23.3 Å². The van der Waals surface area contributed by atoms with Crippen LogP contribution in [0.4, 0.5) is 23.7 Å². The molecule has 1 aromatic rings. The molecule has 2 heterocycles. The van der Waals surface area contributed by atoms with Crippen LogP contribution in [0.3, 0.4) is 0 Å². The fourth-order valence-corrected chi connectivity index (χ4v) is 3.71. The van der Waals surface area contributed by atoms with Crippen molar-refractivity contribution in [2.24, 2.45) is 10.7 Å². The van der Waals surface area contributed by atoms with E-state index in [0.717, 1.165) is 17.0 Å². The molecule has 11 heteroatoms. The summed E-state index contributed by atoms with van der Waals surface area (Å²) in [4.78, 5) is 18.5. The number of carbonyl (C=O) groups excluding carboxylic acids is 1. The molecule has 0 aliphatic carbocycles. The Labute approximate surface area is 189 Å². The van der Waals surface area contributed by atoms with Gasteiger partial charge < -0.3 is 32.0 Å². The van der Waals surface area contributed by atoms with E-state index in [2.05, 4.69) is 10.6 Å². The van der Waals surface area contributed by atoms with Gasteiger partial charge in [0.25, 0.3) is 0 Å². The Morgan fingerprint density at radius 1 is 1.36 bits per heavy atom. The van der Waals surface area contributed by atoms with Crippen molar-refractivity contribution in [3.63, 3.8) is 0 Å². The topological polar surface area (TPSA) is 119 Å². The molecule has 2 aliphatic rings. The maximum atomic E-state index is 12.3. The van der Waals surface area contributed by atoms with E-state index in [1.165, 1.54) is 0 Å². The number of amidine groups is 1. The quantitative estimate of drug-likeness (QED) is 0.401. The molecular weight excluding hydrogens is 435 g/mol. The number of fused-ring (bicyclic) bond motifs is 1. The summed E-state index contributed by atoms with van der Waals surface area (Å²) in [6, 6.07) is 5.70. The molecule has 0 fully saturated rings. The number of amides is 2. The number of nitrogens with zero attached hydrogens (tertiary/aromatic N) is 2. The number of alkyl halides is 3. The smallest absolute Gasteiger partial charge is 0.393 e. The minimum absolute atomic E-state index is 0.101. The number of nitrogens with one attached hydrogen (secondary N) is 4. The first-order chi connectivity index (χ1) is 15.6. The average molecular weight is 461 g/mol. The SMILES string of the molecule is CN/C=C(\C(=N)CN)C1=CC2=NC(C)C(c3cccc(NC(=O)NCC(F)(F)F)c3)N2C=C1. The summed E-state index contributed by atoms with van der Waals surface area (Å²) in [6.45, 7) is 0.651. The van der Waals surface area contributed by atoms with Crippen LogP contribution in [-0.4, -0.2) is 54.8 Å². The molecule has 0 aromatic heterocycles. The lowest BCUT2D eigenvalue weighted by Crippen LogP contribution is -2.36. The van der Waals surface area contributed by atoms with Gasteiger partial charge in [-0.2, -0.15) is 13.2 Å². The lowest BCUT2D eigenvalue weighted by atomic mass is 9.97. The second-order valence-electron chi connectivity index (χ2n) is 7.57. The van der Waals surface area contributed by atoms with Gasteiger partial charge >= 0.3 is 12.2 Å². The molecule has 2 amide bonds. The van der Waals surface area contributed by atoms with Gasteiger partial charge in [0.1, 0.15) is 12.4 Å². The predicted octanol–water partition coefficient (Wildman–Crippen LogP) is 3.05. The number of nitrogens with two attached hydrogens (primary N) is 1. The zero-order valence-corrected chi connectivity index (χ0v) is 18.2. The molecule has 8 nitrogen and oxygen atoms in total. The third kappa shape index (κ3) is 5.80. The Morgan fingerprint density at radius 2 is 2.12 bits per heavy atom. The Morgan fingerprint density at radius 3 is 2.79 bits per heavy atom. The number of allylic oxidation sites excluding steroid dienone is 2. The van der Waals surface area contributed by atoms with Gasteiger partial charge in [-0.15, -0.1) is 0 Å². The van der Waals surface area contributed by atoms with Crippen molar-refractivity contribution in [1.29, 1.82) is 5.41 Å². The summed E-state index contributed by atoms with van der Waals surface area (Å²) >= 11 is 0. The number of halogens is 3. The fourth-order valence-electron chi connectivity index (χ4n) is 3.71. The Kier molecular flexibility index (Phi) is 7.22. The van der Waals surface area contributed by atoms with Crippen LogP contribution in [0.25, 0.3) is 0 Å². The predicted molar refractivity (Wildman–Crippen MR) is 122 cm³/mol. The number of anilines is 1. The summed E-state index contributed by atoms with van der Waals surface area (Å²) in [5, 5.41) is 15.3. The standard InChI is InChI=1S/C22H26F3N7O/c1-13-20(15-4-3-5-16(8-15)31-21(33)29-12-22(23,24)25)32-7-6-14(9-19(32)30-13)17(11-28-2)18(27)10-26/h3-9,11,13,20,27-28H,10,12,26H2,1-2H3,(H2,29,31,33)/b17-11-,27-18?. The van der Waals surface area contributed by atoms with Gasteiger partial charge in [-0.25, -0.2) is 4.79 Å². The highest BCUT2D eigenvalue weighted by Crippen LogP contribution is 2.36. The lowest BCUT2D eigenvalue weighted by Gasteiger charge is -2.29. The average Bonchev–Trinajstić information content (AvgIpc) is 3.10. The molecule has 3 rings (SSSR count). The number of urea groups is 1. The van der Waals surface area contributed by atoms with Crippen molar-refractivity contribution in [2.45, 2.75) is 25.2 Å². The van der Waals surface area contributed by atoms with Gasteiger partial charge in [0.2, 0.25) is 0 Å². The molecule has 33 heavy (non-hydrogen) atoms. The summed E-state index contributed by atoms with van der Waals surface area (Å²) in [7, 11) is 1.75. The van der Waals surface area contributed by atoms with E-state index in [1.54, 1.807) is 36.8 Å². The zero-order valence-electron chi connectivity index (χ0n) is 18.2. The summed E-state index contributed by atoms with van der Waals surface area (Å²) in [6.07, 6.45) is 2.88. The third-order valence-electron chi connectivity index (χ3n) is 5.12. The maximum absolute atomic E-state index is 12.3. The number of carbonyl (C=O) groups is 1. The van der Waals surface area contributed by atoms with E-state index >= 15 is 0 Å². The van der Waals surface area contributed by atoms with Crippen molar-refractivity contribution in [2.75, 3.05) is 25.5 Å². The first kappa shape index (κ1) is 24.1. The molecule has 2 atom stereocenters. The first-order valence-electron chi connectivity index (χ1n) is 10.3. The largest absolute Gasteiger partial charge is 0.405 e. The van der Waals surface area contributed by atoms with Gasteiger partial charge in [-0.05, 0) is 42.3 Å². The second-order valence-corrected chi connectivity index (χ2v) is 7.57. The number of rotatable bonds is 7. The normalized spacial score (nSPS) is 20.1. The molecule has 6 N–H and O–H groups in total. The minimum atomic E-state index is -4.48. The highest BCUT2D eigenvalue weighted by Gasteiger charge is 2.34. The summed E-state index contributed by atoms with van der Waals surface area (Å²) < 4.78 is 36.9. The van der Waals surface area contributed by atoms with Crippen LogP contribution < -0.4 is 21.7 Å². The highest BCUT2D eigenvalue weighted by molar-refractivity contribution is 6.07. The molecule has 0 spiro atoms. The molecule has 0 radical (unpaired) electrons. The van der Waals surface area contributed by atoms with E-state index in [1.807, 2.05) is 36.2 Å². The van der Waals surface area contributed by atoms with Crippen molar-refractivity contribution in [1.82, 2.24) is 15.5 Å². The zero-order chi connectivity index (χ0) is 24.2. The molecule has 0 saturated heterocycles. The molecule has 0 bridgehead atoms. The van der Waals surface area contributed by atoms with Crippen molar-refractivity contribution < 1.29 is 18.0 Å². The Balaban J connectivity index is 1.77. The molecule has 176 valence electrons. The highest BCUT2D eigenvalue weighted by atomic mass is 19.4. The number of aliphatic imine (C=N–C) groups is 1. The van der Waals surface area contributed by atoms with Crippen molar-refractivity contribution in [3.8, 4) is 0 Å². The van der Waals surface area contributed by atoms with Crippen LogP contribution in [0.2, 0.25) is 0 Å². The Hall–Kier alpha value is -3.60. The number of hydrogen-bond acceptors (Lipinski definition) is 6. The van der Waals surface area contributed by atoms with Gasteiger partial charge in [0, 0.05) is 37.3 Å². The van der Waals surface area contributed by atoms with E-state index in [9.17, 15) is 18.0 Å². The van der Waals surface area contributed by atoms with Gasteiger partial charge in [0.15, 0.2) is 0 Å². The third-order valence-corrected chi connectivity index (χ3v) is 5.12. The lowest BCUT2D eigenvalue weighted by molar-refractivity contribution is -0.122. The van der Waals surface area contributed by atoms with E-state index in [-0.39, 0.29) is 18.6 Å².